The molecule has 1 aromatic heterocycles. The number of carbonyl (C=O) groups excluding carboxylic acids is 3. The monoisotopic (exact) mass is 412 g/mol. The normalized spacial score (nSPS) is 10.2. The van der Waals surface area contributed by atoms with E-state index < -0.39 is 30.2 Å². The second-order valence-corrected chi connectivity index (χ2v) is 6.80. The summed E-state index contributed by atoms with van der Waals surface area (Å²) in [4.78, 5) is 36.4. The molecule has 148 valence electrons. The number of nitrogens with one attached hydrogen (secondary N) is 2. The smallest absolute Gasteiger partial charge is 0.310 e. The number of hydrogen-bond acceptors (Lipinski definition) is 5. The topological polar surface area (TPSA) is 84.5 Å². The lowest BCUT2D eigenvalue weighted by Crippen LogP contribution is -2.23. The molecule has 2 amide bonds. The molecule has 0 aliphatic carbocycles. The Hall–Kier alpha value is -3.52. The number of para-hydroxylation sites is 1. The van der Waals surface area contributed by atoms with E-state index in [-0.39, 0.29) is 17.7 Å². The molecular formula is C21H17FN2O4S. The van der Waals surface area contributed by atoms with Crippen molar-refractivity contribution in [2.45, 2.75) is 6.42 Å². The van der Waals surface area contributed by atoms with Gasteiger partial charge in [-0.05, 0) is 58.8 Å². The van der Waals surface area contributed by atoms with Crippen molar-refractivity contribution in [2.24, 2.45) is 0 Å². The van der Waals surface area contributed by atoms with Gasteiger partial charge in [0, 0.05) is 5.69 Å². The molecule has 0 bridgehead atoms. The maximum atomic E-state index is 13.0. The van der Waals surface area contributed by atoms with Crippen LogP contribution in [-0.2, 0) is 20.7 Å². The van der Waals surface area contributed by atoms with Crippen molar-refractivity contribution in [1.82, 2.24) is 0 Å². The van der Waals surface area contributed by atoms with Crippen molar-refractivity contribution in [3.05, 3.63) is 82.3 Å². The number of hydrogen-bond donors (Lipinski definition) is 2. The summed E-state index contributed by atoms with van der Waals surface area (Å²) < 4.78 is 18.0. The highest BCUT2D eigenvalue weighted by Gasteiger charge is 2.15. The Kier molecular flexibility index (Phi) is 6.70. The number of carbonyl (C=O) groups is 3. The molecular weight excluding hydrogens is 395 g/mol. The van der Waals surface area contributed by atoms with E-state index in [1.54, 1.807) is 18.2 Å². The SMILES string of the molecule is O=C(COC(=O)Cc1ccsc1)Nc1ccccc1C(=O)Nc1ccc(F)cc1. The van der Waals surface area contributed by atoms with Crippen LogP contribution in [0.15, 0.2) is 65.4 Å². The molecule has 0 radical (unpaired) electrons. The largest absolute Gasteiger partial charge is 0.455 e. The highest BCUT2D eigenvalue weighted by atomic mass is 32.1. The Morgan fingerprint density at radius 1 is 0.966 bits per heavy atom. The van der Waals surface area contributed by atoms with Gasteiger partial charge in [-0.3, -0.25) is 14.4 Å². The van der Waals surface area contributed by atoms with Crippen molar-refractivity contribution in [3.8, 4) is 0 Å². The van der Waals surface area contributed by atoms with Crippen LogP contribution in [0.25, 0.3) is 0 Å². The number of anilines is 2. The second kappa shape index (κ2) is 9.61. The van der Waals surface area contributed by atoms with Crippen LogP contribution in [0, 0.1) is 5.82 Å². The van der Waals surface area contributed by atoms with Crippen molar-refractivity contribution >= 4 is 40.5 Å². The molecule has 0 atom stereocenters. The third-order valence-electron chi connectivity index (χ3n) is 3.84. The van der Waals surface area contributed by atoms with E-state index >= 15 is 0 Å². The molecule has 3 aromatic rings. The molecule has 0 fully saturated rings. The number of ether oxygens (including phenoxy) is 1. The van der Waals surface area contributed by atoms with Gasteiger partial charge in [0.15, 0.2) is 6.61 Å². The summed E-state index contributed by atoms with van der Waals surface area (Å²) in [6.07, 6.45) is 0.0907. The van der Waals surface area contributed by atoms with Gasteiger partial charge in [0.2, 0.25) is 0 Å². The summed E-state index contributed by atoms with van der Waals surface area (Å²) in [6.45, 7) is -0.461. The van der Waals surface area contributed by atoms with Gasteiger partial charge in [-0.2, -0.15) is 11.3 Å². The van der Waals surface area contributed by atoms with Crippen molar-refractivity contribution in [2.75, 3.05) is 17.2 Å². The first kappa shape index (κ1) is 20.2. The maximum Gasteiger partial charge on any atom is 0.310 e. The molecule has 0 aliphatic heterocycles. The summed E-state index contributed by atoms with van der Waals surface area (Å²) in [7, 11) is 0. The van der Waals surface area contributed by atoms with Crippen LogP contribution in [0.5, 0.6) is 0 Å². The van der Waals surface area contributed by atoms with Gasteiger partial charge < -0.3 is 15.4 Å². The molecule has 3 rings (SSSR count). The van der Waals surface area contributed by atoms with Crippen LogP contribution in [0.1, 0.15) is 15.9 Å². The lowest BCUT2D eigenvalue weighted by atomic mass is 10.1. The van der Waals surface area contributed by atoms with Crippen LogP contribution < -0.4 is 10.6 Å². The van der Waals surface area contributed by atoms with E-state index in [1.165, 1.54) is 41.7 Å². The molecule has 0 unspecified atom stereocenters. The molecule has 0 spiro atoms. The summed E-state index contributed by atoms with van der Waals surface area (Å²) in [5, 5.41) is 8.88. The number of amides is 2. The molecule has 1 heterocycles. The first-order valence-corrected chi connectivity index (χ1v) is 9.58. The predicted octanol–water partition coefficient (Wildman–Crippen LogP) is 3.86. The van der Waals surface area contributed by atoms with E-state index in [1.807, 2.05) is 16.8 Å². The summed E-state index contributed by atoms with van der Waals surface area (Å²) in [6, 6.07) is 13.5. The second-order valence-electron chi connectivity index (χ2n) is 6.02. The van der Waals surface area contributed by atoms with Crippen molar-refractivity contribution in [3.63, 3.8) is 0 Å². The lowest BCUT2D eigenvalue weighted by molar-refractivity contribution is -0.146. The van der Waals surface area contributed by atoms with Crippen molar-refractivity contribution in [1.29, 1.82) is 0 Å². The van der Waals surface area contributed by atoms with E-state index in [9.17, 15) is 18.8 Å². The summed E-state index contributed by atoms with van der Waals surface area (Å²) in [5.74, 6) is -1.96. The maximum absolute atomic E-state index is 13.0. The minimum Gasteiger partial charge on any atom is -0.455 e. The zero-order valence-electron chi connectivity index (χ0n) is 15.2. The van der Waals surface area contributed by atoms with Gasteiger partial charge in [0.25, 0.3) is 11.8 Å². The van der Waals surface area contributed by atoms with E-state index in [2.05, 4.69) is 10.6 Å². The average molecular weight is 412 g/mol. The zero-order valence-corrected chi connectivity index (χ0v) is 16.0. The van der Waals surface area contributed by atoms with Gasteiger partial charge >= 0.3 is 5.97 Å². The fraction of sp³-hybridized carbons (Fsp3) is 0.0952. The highest BCUT2D eigenvalue weighted by molar-refractivity contribution is 7.08. The molecule has 0 aliphatic rings. The number of thiophene rings is 1. The van der Waals surface area contributed by atoms with Crippen LogP contribution in [0.3, 0.4) is 0 Å². The van der Waals surface area contributed by atoms with Gasteiger partial charge in [-0.25, -0.2) is 4.39 Å². The molecule has 29 heavy (non-hydrogen) atoms. The minimum atomic E-state index is -0.564. The van der Waals surface area contributed by atoms with E-state index in [4.69, 9.17) is 4.74 Å². The third-order valence-corrected chi connectivity index (χ3v) is 4.57. The van der Waals surface area contributed by atoms with E-state index in [0.717, 1.165) is 5.56 Å². The zero-order chi connectivity index (χ0) is 20.6. The standard InChI is InChI=1S/C21H17FN2O4S/c22-15-5-7-16(8-6-15)23-21(27)17-3-1-2-4-18(17)24-19(25)12-28-20(26)11-14-9-10-29-13-14/h1-10,13H,11-12H2,(H,23,27)(H,24,25). The highest BCUT2D eigenvalue weighted by Crippen LogP contribution is 2.18. The number of benzene rings is 2. The molecule has 0 saturated carbocycles. The third kappa shape index (κ3) is 5.98. The Morgan fingerprint density at radius 2 is 1.72 bits per heavy atom. The van der Waals surface area contributed by atoms with Crippen LogP contribution in [0.2, 0.25) is 0 Å². The first-order valence-electron chi connectivity index (χ1n) is 8.64. The summed E-state index contributed by atoms with van der Waals surface area (Å²) >= 11 is 1.47. The number of rotatable bonds is 7. The van der Waals surface area contributed by atoms with Crippen LogP contribution >= 0.6 is 11.3 Å². The minimum absolute atomic E-state index is 0.0907. The van der Waals surface area contributed by atoms with Gasteiger partial charge in [-0.1, -0.05) is 12.1 Å². The van der Waals surface area contributed by atoms with Crippen LogP contribution in [-0.4, -0.2) is 24.4 Å². The Balaban J connectivity index is 1.57. The molecule has 6 nitrogen and oxygen atoms in total. The van der Waals surface area contributed by atoms with Crippen LogP contribution in [0.4, 0.5) is 15.8 Å². The quantitative estimate of drug-likeness (QED) is 0.577. The Bertz CT molecular complexity index is 1000. The van der Waals surface area contributed by atoms with E-state index in [0.29, 0.717) is 5.69 Å². The lowest BCUT2D eigenvalue weighted by Gasteiger charge is -2.12. The fourth-order valence-electron chi connectivity index (χ4n) is 2.47. The van der Waals surface area contributed by atoms with Crippen molar-refractivity contribution < 1.29 is 23.5 Å². The Labute approximate surface area is 170 Å². The fourth-order valence-corrected chi connectivity index (χ4v) is 3.13. The first-order chi connectivity index (χ1) is 14.0. The molecule has 2 N–H and O–H groups in total. The predicted molar refractivity (Wildman–Crippen MR) is 108 cm³/mol. The van der Waals surface area contributed by atoms with Gasteiger partial charge in [0.1, 0.15) is 5.82 Å². The van der Waals surface area contributed by atoms with Gasteiger partial charge in [0.05, 0.1) is 17.7 Å². The molecule has 0 saturated heterocycles. The summed E-state index contributed by atoms with van der Waals surface area (Å²) in [5.41, 5.74) is 1.73. The number of esters is 1. The Morgan fingerprint density at radius 3 is 2.45 bits per heavy atom. The van der Waals surface area contributed by atoms with Gasteiger partial charge in [-0.15, -0.1) is 0 Å². The average Bonchev–Trinajstić information content (AvgIpc) is 3.21. The molecule has 8 heteroatoms. The molecule has 2 aromatic carbocycles. The number of halogens is 1.